The van der Waals surface area contributed by atoms with E-state index in [4.69, 9.17) is 4.74 Å². The number of nitrogens with one attached hydrogen (secondary N) is 1. The van der Waals surface area contributed by atoms with Crippen molar-refractivity contribution >= 4 is 34.0 Å². The number of anilines is 1. The van der Waals surface area contributed by atoms with Crippen LogP contribution in [0.15, 0.2) is 6.08 Å². The highest BCUT2D eigenvalue weighted by molar-refractivity contribution is 7.17. The van der Waals surface area contributed by atoms with Crippen molar-refractivity contribution < 1.29 is 19.4 Å². The molecule has 2 rings (SSSR count). The largest absolute Gasteiger partial charge is 0.476 e. The Hall–Kier alpha value is -1.93. The summed E-state index contributed by atoms with van der Waals surface area (Å²) >= 11 is 1.16. The fourth-order valence-corrected chi connectivity index (χ4v) is 3.06. The van der Waals surface area contributed by atoms with Crippen molar-refractivity contribution in [3.8, 4) is 0 Å². The van der Waals surface area contributed by atoms with Crippen molar-refractivity contribution in [2.24, 2.45) is 0 Å². The number of nitrogens with zero attached hydrogens (tertiary/aromatic N) is 2. The minimum Gasteiger partial charge on any atom is -0.476 e. The molecule has 0 spiro atoms. The van der Waals surface area contributed by atoms with Gasteiger partial charge in [-0.15, -0.1) is 0 Å². The maximum atomic E-state index is 11.9. The van der Waals surface area contributed by atoms with Crippen molar-refractivity contribution in [2.45, 2.75) is 32.8 Å². The first-order valence-corrected chi connectivity index (χ1v) is 8.09. The third kappa shape index (κ3) is 4.77. The average Bonchev–Trinajstić information content (AvgIpc) is 2.81. The molecule has 2 heterocycles. The molecule has 126 valence electrons. The first-order valence-electron chi connectivity index (χ1n) is 7.28. The Kier molecular flexibility index (Phi) is 5.06. The van der Waals surface area contributed by atoms with Crippen molar-refractivity contribution in [1.82, 2.24) is 9.88 Å². The molecule has 0 aliphatic carbocycles. The maximum Gasteiger partial charge on any atom is 0.412 e. The van der Waals surface area contributed by atoms with E-state index in [0.29, 0.717) is 5.01 Å². The van der Waals surface area contributed by atoms with Crippen LogP contribution in [0.2, 0.25) is 0 Å². The molecule has 1 aromatic rings. The number of carboxylic acids is 1. The van der Waals surface area contributed by atoms with E-state index in [1.54, 1.807) is 20.8 Å². The molecule has 0 fully saturated rings. The topological polar surface area (TPSA) is 91.8 Å². The second-order valence-electron chi connectivity index (χ2n) is 6.37. The second kappa shape index (κ2) is 6.67. The molecule has 1 aliphatic heterocycles. The Morgan fingerprint density at radius 1 is 1.43 bits per heavy atom. The molecular formula is C15H21N3O4S. The first kappa shape index (κ1) is 17.4. The Morgan fingerprint density at radius 2 is 2.13 bits per heavy atom. The lowest BCUT2D eigenvalue weighted by Gasteiger charge is -2.20. The molecule has 1 aliphatic rings. The molecule has 23 heavy (non-hydrogen) atoms. The number of carbonyl (C=O) groups is 2. The predicted molar refractivity (Wildman–Crippen MR) is 89.0 cm³/mol. The third-order valence-corrected chi connectivity index (χ3v) is 4.18. The number of carboxylic acid groups (broad SMARTS) is 1. The quantitative estimate of drug-likeness (QED) is 0.880. The first-order chi connectivity index (χ1) is 10.7. The molecule has 0 atom stereocenters. The normalized spacial score (nSPS) is 15.9. The monoisotopic (exact) mass is 339 g/mol. The summed E-state index contributed by atoms with van der Waals surface area (Å²) in [5.74, 6) is -1.17. The van der Waals surface area contributed by atoms with Gasteiger partial charge in [-0.1, -0.05) is 17.4 Å². The number of rotatable bonds is 3. The highest BCUT2D eigenvalue weighted by Gasteiger charge is 2.24. The number of thiazole rings is 1. The van der Waals surface area contributed by atoms with E-state index in [0.717, 1.165) is 36.4 Å². The van der Waals surface area contributed by atoms with E-state index in [1.807, 2.05) is 13.1 Å². The van der Waals surface area contributed by atoms with Crippen LogP contribution in [0.4, 0.5) is 9.80 Å². The summed E-state index contributed by atoms with van der Waals surface area (Å²) in [4.78, 5) is 29.6. The van der Waals surface area contributed by atoms with Gasteiger partial charge in [-0.05, 0) is 39.8 Å². The van der Waals surface area contributed by atoms with Gasteiger partial charge in [0, 0.05) is 13.1 Å². The second-order valence-corrected chi connectivity index (χ2v) is 7.37. The van der Waals surface area contributed by atoms with Crippen LogP contribution in [0.1, 0.15) is 42.7 Å². The summed E-state index contributed by atoms with van der Waals surface area (Å²) in [6.45, 7) is 6.92. The third-order valence-electron chi connectivity index (χ3n) is 3.13. The number of carbonyl (C=O) groups excluding carboxylic acids is 1. The number of hydrogen-bond acceptors (Lipinski definition) is 6. The maximum absolute atomic E-state index is 11.9. The SMILES string of the molecule is CN1CC=C(c2nc(C(=O)O)c(NC(=O)OC(C)(C)C)s2)CC1. The Balaban J connectivity index is 2.22. The van der Waals surface area contributed by atoms with Crippen LogP contribution in [0.5, 0.6) is 0 Å². The highest BCUT2D eigenvalue weighted by Crippen LogP contribution is 2.32. The van der Waals surface area contributed by atoms with E-state index in [9.17, 15) is 14.7 Å². The fraction of sp³-hybridized carbons (Fsp3) is 0.533. The van der Waals surface area contributed by atoms with E-state index in [1.165, 1.54) is 0 Å². The number of aromatic nitrogens is 1. The van der Waals surface area contributed by atoms with Crippen molar-refractivity contribution in [2.75, 3.05) is 25.5 Å². The molecule has 8 heteroatoms. The molecule has 0 saturated heterocycles. The van der Waals surface area contributed by atoms with Crippen LogP contribution in [-0.4, -0.2) is 52.8 Å². The summed E-state index contributed by atoms with van der Waals surface area (Å²) in [6.07, 6.45) is 2.15. The van der Waals surface area contributed by atoms with E-state index in [-0.39, 0.29) is 10.7 Å². The van der Waals surface area contributed by atoms with Gasteiger partial charge in [0.1, 0.15) is 15.6 Å². The summed E-state index contributed by atoms with van der Waals surface area (Å²) in [7, 11) is 2.02. The Morgan fingerprint density at radius 3 is 2.65 bits per heavy atom. The fourth-order valence-electron chi connectivity index (χ4n) is 2.05. The summed E-state index contributed by atoms with van der Waals surface area (Å²) in [5, 5.41) is 12.6. The van der Waals surface area contributed by atoms with Gasteiger partial charge >= 0.3 is 12.1 Å². The van der Waals surface area contributed by atoms with Gasteiger partial charge in [0.2, 0.25) is 0 Å². The van der Waals surface area contributed by atoms with Crippen LogP contribution < -0.4 is 5.32 Å². The van der Waals surface area contributed by atoms with E-state index in [2.05, 4.69) is 15.2 Å². The lowest BCUT2D eigenvalue weighted by molar-refractivity contribution is 0.0636. The molecule has 0 aromatic carbocycles. The van der Waals surface area contributed by atoms with Crippen molar-refractivity contribution in [1.29, 1.82) is 0 Å². The van der Waals surface area contributed by atoms with Gasteiger partial charge < -0.3 is 14.7 Å². The van der Waals surface area contributed by atoms with Crippen molar-refractivity contribution in [3.05, 3.63) is 16.8 Å². The minimum atomic E-state index is -1.17. The molecule has 0 saturated carbocycles. The predicted octanol–water partition coefficient (Wildman–Crippen LogP) is 2.91. The van der Waals surface area contributed by atoms with Crippen LogP contribution in [0.3, 0.4) is 0 Å². The van der Waals surface area contributed by atoms with Gasteiger partial charge in [-0.25, -0.2) is 14.6 Å². The molecule has 0 unspecified atom stereocenters. The summed E-state index contributed by atoms with van der Waals surface area (Å²) in [5.41, 5.74) is 0.195. The Bertz CT molecular complexity index is 646. The molecular weight excluding hydrogens is 318 g/mol. The van der Waals surface area contributed by atoms with Crippen LogP contribution >= 0.6 is 11.3 Å². The van der Waals surface area contributed by atoms with Crippen molar-refractivity contribution in [3.63, 3.8) is 0 Å². The molecule has 1 aromatic heterocycles. The van der Waals surface area contributed by atoms with E-state index < -0.39 is 17.7 Å². The molecule has 0 bridgehead atoms. The molecule has 0 radical (unpaired) electrons. The summed E-state index contributed by atoms with van der Waals surface area (Å²) < 4.78 is 5.16. The Labute approximate surface area is 139 Å². The highest BCUT2D eigenvalue weighted by atomic mass is 32.1. The van der Waals surface area contributed by atoms with Crippen LogP contribution in [-0.2, 0) is 4.74 Å². The zero-order valence-electron chi connectivity index (χ0n) is 13.7. The standard InChI is InChI=1S/C15H21N3O4S/c1-15(2,3)22-14(21)17-12-10(13(19)20)16-11(23-12)9-5-7-18(4)8-6-9/h5H,6-8H2,1-4H3,(H,17,21)(H,19,20). The molecule has 7 nitrogen and oxygen atoms in total. The lowest BCUT2D eigenvalue weighted by Crippen LogP contribution is -2.27. The summed E-state index contributed by atoms with van der Waals surface area (Å²) in [6, 6.07) is 0. The van der Waals surface area contributed by atoms with Gasteiger partial charge in [0.15, 0.2) is 5.69 Å². The van der Waals surface area contributed by atoms with Gasteiger partial charge in [0.05, 0.1) is 0 Å². The average molecular weight is 339 g/mol. The lowest BCUT2D eigenvalue weighted by atomic mass is 10.1. The van der Waals surface area contributed by atoms with Gasteiger partial charge in [0.25, 0.3) is 0 Å². The zero-order chi connectivity index (χ0) is 17.2. The number of hydrogen-bond donors (Lipinski definition) is 2. The molecule has 2 N–H and O–H groups in total. The smallest absolute Gasteiger partial charge is 0.412 e. The van der Waals surface area contributed by atoms with Crippen LogP contribution in [0, 0.1) is 0 Å². The number of aromatic carboxylic acids is 1. The van der Waals surface area contributed by atoms with Gasteiger partial charge in [-0.3, -0.25) is 5.32 Å². The number of ether oxygens (including phenoxy) is 1. The number of likely N-dealkylation sites (N-methyl/N-ethyl adjacent to an activating group) is 1. The zero-order valence-corrected chi connectivity index (χ0v) is 14.5. The molecule has 1 amide bonds. The number of amides is 1. The van der Waals surface area contributed by atoms with Gasteiger partial charge in [-0.2, -0.15) is 0 Å². The van der Waals surface area contributed by atoms with Crippen LogP contribution in [0.25, 0.3) is 5.57 Å². The van der Waals surface area contributed by atoms with E-state index >= 15 is 0 Å². The minimum absolute atomic E-state index is 0.157.